The molecule has 4 N–H and O–H groups in total. The van der Waals surface area contributed by atoms with E-state index in [0.717, 1.165) is 0 Å². The lowest BCUT2D eigenvalue weighted by atomic mass is 9.96. The highest BCUT2D eigenvalue weighted by Gasteiger charge is 2.19. The zero-order valence-corrected chi connectivity index (χ0v) is 19.7. The monoisotopic (exact) mass is 477 g/mol. The predicted molar refractivity (Wildman–Crippen MR) is 127 cm³/mol. The molecule has 33 heavy (non-hydrogen) atoms. The Kier molecular flexibility index (Phi) is 11.0. The fourth-order valence-electron chi connectivity index (χ4n) is 3.03. The van der Waals surface area contributed by atoms with E-state index in [-0.39, 0.29) is 12.4 Å². The van der Waals surface area contributed by atoms with Gasteiger partial charge in [0.1, 0.15) is 11.8 Å². The Bertz CT molecular complexity index is 1040. The summed E-state index contributed by atoms with van der Waals surface area (Å²) in [5.74, 6) is 1.16. The summed E-state index contributed by atoms with van der Waals surface area (Å²) in [4.78, 5) is 12.2. The summed E-state index contributed by atoms with van der Waals surface area (Å²) >= 11 is 0. The lowest BCUT2D eigenvalue weighted by Gasteiger charge is -2.18. The zero-order chi connectivity index (χ0) is 23.7. The van der Waals surface area contributed by atoms with Crippen molar-refractivity contribution in [3.8, 4) is 29.1 Å². The number of rotatable bonds is 10. The summed E-state index contributed by atoms with van der Waals surface area (Å²) < 4.78 is 21.9. The minimum atomic E-state index is -1.09. The van der Waals surface area contributed by atoms with Gasteiger partial charge in [-0.05, 0) is 47.9 Å². The van der Waals surface area contributed by atoms with E-state index in [1.165, 1.54) is 27.4 Å². The molecule has 0 saturated carbocycles. The molecule has 0 spiro atoms. The number of hydrogen-bond acceptors (Lipinski definition) is 8. The number of carbonyl (C=O) groups is 1. The number of aliphatic hydroxyl groups is 1. The van der Waals surface area contributed by atoms with Gasteiger partial charge in [-0.3, -0.25) is 4.79 Å². The maximum absolute atomic E-state index is 12.2. The van der Waals surface area contributed by atoms with Gasteiger partial charge in [-0.1, -0.05) is 6.07 Å². The van der Waals surface area contributed by atoms with Crippen LogP contribution in [0.5, 0.6) is 23.0 Å². The first-order valence-electron chi connectivity index (χ1n) is 9.78. The van der Waals surface area contributed by atoms with E-state index in [1.54, 1.807) is 30.3 Å². The Balaban J connectivity index is 0.00000544. The van der Waals surface area contributed by atoms with Gasteiger partial charge < -0.3 is 35.1 Å². The van der Waals surface area contributed by atoms with Crippen LogP contribution in [0.4, 0.5) is 5.69 Å². The summed E-state index contributed by atoms with van der Waals surface area (Å²) in [6.07, 6.45) is 1.38. The van der Waals surface area contributed by atoms with Crippen LogP contribution in [-0.2, 0) is 4.79 Å². The summed E-state index contributed by atoms with van der Waals surface area (Å²) in [6, 6.07) is 9.51. The third-order valence-electron chi connectivity index (χ3n) is 4.57. The van der Waals surface area contributed by atoms with Gasteiger partial charge in [0.05, 0.1) is 46.3 Å². The highest BCUT2D eigenvalue weighted by atomic mass is 35.5. The van der Waals surface area contributed by atoms with Crippen molar-refractivity contribution in [3.05, 3.63) is 47.5 Å². The van der Waals surface area contributed by atoms with Crippen molar-refractivity contribution in [2.45, 2.75) is 13.0 Å². The van der Waals surface area contributed by atoms with Crippen molar-refractivity contribution in [1.29, 1.82) is 5.26 Å². The van der Waals surface area contributed by atoms with E-state index in [0.29, 0.717) is 52.0 Å². The first-order chi connectivity index (χ1) is 15.4. The van der Waals surface area contributed by atoms with Crippen LogP contribution in [0, 0.1) is 11.3 Å². The Morgan fingerprint density at radius 2 is 1.79 bits per heavy atom. The number of carbonyl (C=O) groups excluding carboxylic acids is 1. The van der Waals surface area contributed by atoms with Crippen LogP contribution in [0.25, 0.3) is 5.57 Å². The molecule has 1 atom stereocenters. The summed E-state index contributed by atoms with van der Waals surface area (Å²) in [7, 11) is 4.49. The first kappa shape index (κ1) is 27.6. The van der Waals surface area contributed by atoms with Crippen LogP contribution in [0.2, 0.25) is 0 Å². The second-order valence-corrected chi connectivity index (χ2v) is 6.52. The van der Waals surface area contributed by atoms with E-state index in [4.69, 9.17) is 29.8 Å². The van der Waals surface area contributed by atoms with Crippen molar-refractivity contribution < 1.29 is 28.8 Å². The first-order valence-corrected chi connectivity index (χ1v) is 9.78. The molecular formula is C23H28ClN3O6. The molecule has 0 aromatic heterocycles. The van der Waals surface area contributed by atoms with Crippen molar-refractivity contribution >= 4 is 29.6 Å². The lowest BCUT2D eigenvalue weighted by molar-refractivity contribution is -0.118. The van der Waals surface area contributed by atoms with Crippen molar-refractivity contribution in [1.82, 2.24) is 0 Å². The van der Waals surface area contributed by atoms with Crippen molar-refractivity contribution in [2.75, 3.05) is 39.9 Å². The number of benzene rings is 2. The third kappa shape index (κ3) is 6.52. The standard InChI is InChI=1S/C23H27N3O6.ClH/c1-5-32-21-12-15(11-20(30-3)22(21)31-4)16(8-9-24)14-6-7-19(29-2)18(10-14)26-23(28)17(25)13-27;/h6-8,10-12,17,27H,5,13,25H2,1-4H3,(H,26,28);1H. The van der Waals surface area contributed by atoms with Crippen LogP contribution >= 0.6 is 12.4 Å². The minimum absolute atomic E-state index is 0. The molecule has 1 amide bonds. The molecule has 2 rings (SSSR count). The Morgan fingerprint density at radius 1 is 1.12 bits per heavy atom. The number of halogens is 1. The molecular weight excluding hydrogens is 450 g/mol. The number of nitrogens with one attached hydrogen (secondary N) is 1. The van der Waals surface area contributed by atoms with E-state index < -0.39 is 18.6 Å². The molecule has 0 saturated heterocycles. The molecule has 0 bridgehead atoms. The number of ether oxygens (including phenoxy) is 4. The molecule has 2 aromatic carbocycles. The number of anilines is 1. The molecule has 1 unspecified atom stereocenters. The zero-order valence-electron chi connectivity index (χ0n) is 18.9. The van der Waals surface area contributed by atoms with Gasteiger partial charge in [0.2, 0.25) is 11.7 Å². The minimum Gasteiger partial charge on any atom is -0.495 e. The molecule has 0 aliphatic carbocycles. The van der Waals surface area contributed by atoms with Crippen LogP contribution in [0.15, 0.2) is 36.4 Å². The van der Waals surface area contributed by atoms with Gasteiger partial charge in [0.25, 0.3) is 0 Å². The van der Waals surface area contributed by atoms with Crippen LogP contribution in [0.1, 0.15) is 18.1 Å². The summed E-state index contributed by atoms with van der Waals surface area (Å²) in [6.45, 7) is 1.75. The topological polar surface area (TPSA) is 136 Å². The fourth-order valence-corrected chi connectivity index (χ4v) is 3.03. The Morgan fingerprint density at radius 3 is 2.33 bits per heavy atom. The van der Waals surface area contributed by atoms with Gasteiger partial charge in [-0.25, -0.2) is 0 Å². The van der Waals surface area contributed by atoms with Gasteiger partial charge >= 0.3 is 0 Å². The second kappa shape index (κ2) is 13.2. The van der Waals surface area contributed by atoms with E-state index in [2.05, 4.69) is 11.4 Å². The fraction of sp³-hybridized carbons (Fsp3) is 0.304. The Hall–Kier alpha value is -3.45. The number of hydrogen-bond donors (Lipinski definition) is 3. The smallest absolute Gasteiger partial charge is 0.243 e. The second-order valence-electron chi connectivity index (χ2n) is 6.52. The molecule has 0 heterocycles. The SMILES string of the molecule is CCOc1cc(C(=CC#N)c2ccc(OC)c(NC(=O)C(N)CO)c2)cc(OC)c1OC.Cl. The molecule has 178 valence electrons. The largest absolute Gasteiger partial charge is 0.495 e. The molecule has 0 fully saturated rings. The Labute approximate surface area is 199 Å². The number of nitrogens with two attached hydrogens (primary N) is 1. The van der Waals surface area contributed by atoms with Crippen LogP contribution in [0.3, 0.4) is 0 Å². The molecule has 0 aliphatic heterocycles. The van der Waals surface area contributed by atoms with Gasteiger partial charge in [-0.2, -0.15) is 5.26 Å². The van der Waals surface area contributed by atoms with Gasteiger partial charge in [0, 0.05) is 6.08 Å². The molecule has 10 heteroatoms. The van der Waals surface area contributed by atoms with Crippen molar-refractivity contribution in [3.63, 3.8) is 0 Å². The number of nitriles is 1. The van der Waals surface area contributed by atoms with E-state index in [1.807, 2.05) is 6.92 Å². The molecule has 9 nitrogen and oxygen atoms in total. The van der Waals surface area contributed by atoms with E-state index >= 15 is 0 Å². The third-order valence-corrected chi connectivity index (χ3v) is 4.57. The van der Waals surface area contributed by atoms with Gasteiger partial charge in [0.15, 0.2) is 11.5 Å². The van der Waals surface area contributed by atoms with Gasteiger partial charge in [-0.15, -0.1) is 12.4 Å². The number of methoxy groups -OCH3 is 3. The number of amides is 1. The maximum atomic E-state index is 12.2. The van der Waals surface area contributed by atoms with E-state index in [9.17, 15) is 10.1 Å². The number of aliphatic hydroxyl groups excluding tert-OH is 1. The average molecular weight is 478 g/mol. The van der Waals surface area contributed by atoms with Crippen LogP contribution in [-0.4, -0.2) is 51.6 Å². The number of allylic oxidation sites excluding steroid dienone is 1. The maximum Gasteiger partial charge on any atom is 0.243 e. The summed E-state index contributed by atoms with van der Waals surface area (Å²) in [5.41, 5.74) is 7.76. The average Bonchev–Trinajstić information content (AvgIpc) is 2.81. The molecule has 0 aliphatic rings. The highest BCUT2D eigenvalue weighted by Crippen LogP contribution is 2.42. The quantitative estimate of drug-likeness (QED) is 0.444. The molecule has 0 radical (unpaired) electrons. The summed E-state index contributed by atoms with van der Waals surface area (Å²) in [5, 5.41) is 21.2. The lowest BCUT2D eigenvalue weighted by Crippen LogP contribution is -2.38. The normalized spacial score (nSPS) is 11.5. The van der Waals surface area contributed by atoms with Crippen molar-refractivity contribution in [2.24, 2.45) is 5.73 Å². The number of nitrogens with zero attached hydrogens (tertiary/aromatic N) is 1. The molecule has 2 aromatic rings. The highest BCUT2D eigenvalue weighted by molar-refractivity contribution is 5.97. The predicted octanol–water partition coefficient (Wildman–Crippen LogP) is 2.75. The van der Waals surface area contributed by atoms with Crippen LogP contribution < -0.4 is 30.0 Å².